The van der Waals surface area contributed by atoms with Gasteiger partial charge in [-0.2, -0.15) is 8.78 Å². The quantitative estimate of drug-likeness (QED) is 0.0747. The molecule has 0 radical (unpaired) electrons. The van der Waals surface area contributed by atoms with Gasteiger partial charge < -0.3 is 31.2 Å². The molecule has 3 aromatic carbocycles. The SMILES string of the molecule is CNC=C(C(=O)c1cc2cc(OC(F)F)c(N)cc2[nH]1)C(N)=Nc1ccc(Oc2ccccc2F)cc1C. The molecule has 0 aliphatic rings. The summed E-state index contributed by atoms with van der Waals surface area (Å²) in [5.41, 5.74) is 13.8. The van der Waals surface area contributed by atoms with Crippen molar-refractivity contribution in [3.8, 4) is 17.2 Å². The molecule has 38 heavy (non-hydrogen) atoms. The summed E-state index contributed by atoms with van der Waals surface area (Å²) >= 11 is 0. The number of anilines is 1. The molecule has 6 N–H and O–H groups in total. The normalized spacial score (nSPS) is 12.2. The number of aliphatic imine (C=N–C) groups is 1. The Morgan fingerprint density at radius 3 is 2.55 bits per heavy atom. The van der Waals surface area contributed by atoms with E-state index in [9.17, 15) is 18.0 Å². The van der Waals surface area contributed by atoms with Crippen molar-refractivity contribution in [1.29, 1.82) is 0 Å². The minimum Gasteiger partial charge on any atom is -0.454 e. The number of alkyl halides is 2. The summed E-state index contributed by atoms with van der Waals surface area (Å²) in [6, 6.07) is 15.1. The van der Waals surface area contributed by atoms with Crippen molar-refractivity contribution in [2.75, 3.05) is 12.8 Å². The number of nitrogens with one attached hydrogen (secondary N) is 2. The molecule has 0 unspecified atom stereocenters. The standard InChI is InChI=1S/C27H24F3N5O3/c1-14-9-16(37-23-6-4-3-5-18(23)28)7-8-20(14)35-26(32)17(13-33-2)25(36)22-10-15-11-24(38-27(29)30)19(31)12-21(15)34-22/h3-13,27,33-34H,31H2,1-2H3,(H2,32,35). The Bertz CT molecular complexity index is 1560. The van der Waals surface area contributed by atoms with E-state index in [1.807, 2.05) is 0 Å². The van der Waals surface area contributed by atoms with Crippen LogP contribution in [0.2, 0.25) is 0 Å². The lowest BCUT2D eigenvalue weighted by Crippen LogP contribution is -2.23. The number of hydrogen-bond donors (Lipinski definition) is 4. The summed E-state index contributed by atoms with van der Waals surface area (Å²) in [5.74, 6) is -0.774. The molecule has 1 aromatic heterocycles. The Morgan fingerprint density at radius 2 is 1.87 bits per heavy atom. The van der Waals surface area contributed by atoms with E-state index in [0.717, 1.165) is 0 Å². The lowest BCUT2D eigenvalue weighted by Gasteiger charge is -2.10. The number of nitrogens with zero attached hydrogens (tertiary/aromatic N) is 1. The average molecular weight is 524 g/mol. The van der Waals surface area contributed by atoms with Crippen molar-refractivity contribution in [3.63, 3.8) is 0 Å². The van der Waals surface area contributed by atoms with Crippen LogP contribution in [0, 0.1) is 12.7 Å². The zero-order chi connectivity index (χ0) is 27.4. The number of aromatic amines is 1. The van der Waals surface area contributed by atoms with Crippen LogP contribution in [-0.2, 0) is 0 Å². The topological polar surface area (TPSA) is 128 Å². The first-order valence-corrected chi connectivity index (χ1v) is 11.3. The smallest absolute Gasteiger partial charge is 0.387 e. The summed E-state index contributed by atoms with van der Waals surface area (Å²) in [6.07, 6.45) is 1.40. The number of rotatable bonds is 9. The zero-order valence-corrected chi connectivity index (χ0v) is 20.4. The van der Waals surface area contributed by atoms with E-state index < -0.39 is 18.2 Å². The molecular weight excluding hydrogens is 499 g/mol. The number of aryl methyl sites for hydroxylation is 1. The van der Waals surface area contributed by atoms with Gasteiger partial charge in [-0.25, -0.2) is 9.38 Å². The van der Waals surface area contributed by atoms with Gasteiger partial charge in [0.05, 0.1) is 22.6 Å². The summed E-state index contributed by atoms with van der Waals surface area (Å²) in [7, 11) is 1.60. The summed E-state index contributed by atoms with van der Waals surface area (Å²) in [4.78, 5) is 20.6. The van der Waals surface area contributed by atoms with Crippen LogP contribution in [0.3, 0.4) is 0 Å². The van der Waals surface area contributed by atoms with E-state index in [4.69, 9.17) is 16.2 Å². The van der Waals surface area contributed by atoms with Crippen LogP contribution in [0.15, 0.2) is 77.4 Å². The number of halogens is 3. The fourth-order valence-corrected chi connectivity index (χ4v) is 3.70. The zero-order valence-electron chi connectivity index (χ0n) is 20.4. The Kier molecular flexibility index (Phi) is 7.56. The number of nitrogen functional groups attached to an aromatic ring is 1. The Morgan fingerprint density at radius 1 is 1.11 bits per heavy atom. The van der Waals surface area contributed by atoms with Crippen LogP contribution in [-0.4, -0.2) is 30.3 Å². The Balaban J connectivity index is 1.60. The van der Waals surface area contributed by atoms with E-state index in [2.05, 4.69) is 20.0 Å². The fourth-order valence-electron chi connectivity index (χ4n) is 3.70. The van der Waals surface area contributed by atoms with E-state index in [-0.39, 0.29) is 34.3 Å². The second-order valence-electron chi connectivity index (χ2n) is 8.19. The number of ether oxygens (including phenoxy) is 2. The lowest BCUT2D eigenvalue weighted by molar-refractivity contribution is -0.0492. The van der Waals surface area contributed by atoms with Gasteiger partial charge in [0.25, 0.3) is 0 Å². The number of H-pyrrole nitrogens is 1. The number of amidine groups is 1. The molecule has 0 saturated carbocycles. The van der Waals surface area contributed by atoms with Crippen LogP contribution in [0.4, 0.5) is 24.5 Å². The van der Waals surface area contributed by atoms with Crippen LogP contribution in [0.5, 0.6) is 17.2 Å². The molecule has 0 fully saturated rings. The molecule has 0 spiro atoms. The molecule has 196 valence electrons. The Hall–Kier alpha value is -4.93. The van der Waals surface area contributed by atoms with Crippen molar-refractivity contribution in [2.45, 2.75) is 13.5 Å². The van der Waals surface area contributed by atoms with Crippen molar-refractivity contribution in [1.82, 2.24) is 10.3 Å². The number of benzene rings is 3. The first-order valence-electron chi connectivity index (χ1n) is 11.3. The van der Waals surface area contributed by atoms with E-state index in [0.29, 0.717) is 27.9 Å². The largest absolute Gasteiger partial charge is 0.454 e. The van der Waals surface area contributed by atoms with Gasteiger partial charge in [-0.3, -0.25) is 4.79 Å². The Labute approximate surface area is 215 Å². The highest BCUT2D eigenvalue weighted by Gasteiger charge is 2.20. The van der Waals surface area contributed by atoms with Crippen LogP contribution >= 0.6 is 0 Å². The molecule has 0 atom stereocenters. The molecule has 0 amide bonds. The number of carbonyl (C=O) groups is 1. The van der Waals surface area contributed by atoms with Crippen molar-refractivity contribution >= 4 is 33.9 Å². The van der Waals surface area contributed by atoms with E-state index in [1.165, 1.54) is 36.5 Å². The van der Waals surface area contributed by atoms with Gasteiger partial charge in [0.15, 0.2) is 11.6 Å². The maximum absolute atomic E-state index is 13.9. The molecule has 0 aliphatic heterocycles. The number of fused-ring (bicyclic) bond motifs is 1. The molecule has 4 rings (SSSR count). The number of aromatic nitrogens is 1. The molecule has 11 heteroatoms. The van der Waals surface area contributed by atoms with Crippen LogP contribution in [0.25, 0.3) is 10.9 Å². The maximum Gasteiger partial charge on any atom is 0.387 e. The molecule has 8 nitrogen and oxygen atoms in total. The highest BCUT2D eigenvalue weighted by Crippen LogP contribution is 2.31. The van der Waals surface area contributed by atoms with Crippen LogP contribution < -0.4 is 26.3 Å². The van der Waals surface area contributed by atoms with Gasteiger partial charge in [-0.15, -0.1) is 0 Å². The summed E-state index contributed by atoms with van der Waals surface area (Å²) < 4.78 is 49.2. The molecule has 4 aromatic rings. The predicted octanol–water partition coefficient (Wildman–Crippen LogP) is 5.57. The van der Waals surface area contributed by atoms with Gasteiger partial charge in [-0.05, 0) is 61.0 Å². The monoisotopic (exact) mass is 523 g/mol. The van der Waals surface area contributed by atoms with Gasteiger partial charge in [-0.1, -0.05) is 12.1 Å². The molecular formula is C27H24F3N5O3. The number of carbonyl (C=O) groups excluding carboxylic acids is 1. The van der Waals surface area contributed by atoms with Crippen molar-refractivity contribution in [3.05, 3.63) is 89.5 Å². The third-order valence-corrected chi connectivity index (χ3v) is 5.49. The minimum atomic E-state index is -3.04. The molecule has 0 saturated heterocycles. The lowest BCUT2D eigenvalue weighted by atomic mass is 10.1. The number of nitrogens with two attached hydrogens (primary N) is 2. The van der Waals surface area contributed by atoms with Crippen molar-refractivity contribution in [2.24, 2.45) is 10.7 Å². The summed E-state index contributed by atoms with van der Waals surface area (Å²) in [6.45, 7) is -1.27. The predicted molar refractivity (Wildman–Crippen MR) is 140 cm³/mol. The van der Waals surface area contributed by atoms with E-state index in [1.54, 1.807) is 44.3 Å². The number of hydrogen-bond acceptors (Lipinski definition) is 6. The second-order valence-corrected chi connectivity index (χ2v) is 8.19. The molecule has 0 bridgehead atoms. The van der Waals surface area contributed by atoms with Crippen molar-refractivity contribution < 1.29 is 27.4 Å². The number of ketones is 1. The first kappa shape index (κ1) is 26.1. The first-order chi connectivity index (χ1) is 18.2. The fraction of sp³-hybridized carbons (Fsp3) is 0.111. The number of para-hydroxylation sites is 1. The van der Waals surface area contributed by atoms with Gasteiger partial charge in [0.1, 0.15) is 17.3 Å². The third kappa shape index (κ3) is 5.72. The average Bonchev–Trinajstić information content (AvgIpc) is 3.27. The van der Waals surface area contributed by atoms with Gasteiger partial charge in [0.2, 0.25) is 5.78 Å². The van der Waals surface area contributed by atoms with E-state index >= 15 is 0 Å². The van der Waals surface area contributed by atoms with Gasteiger partial charge >= 0.3 is 6.61 Å². The maximum atomic E-state index is 13.9. The highest BCUT2D eigenvalue weighted by atomic mass is 19.3. The molecule has 0 aliphatic carbocycles. The highest BCUT2D eigenvalue weighted by molar-refractivity contribution is 6.27. The van der Waals surface area contributed by atoms with Crippen LogP contribution in [0.1, 0.15) is 16.1 Å². The third-order valence-electron chi connectivity index (χ3n) is 5.49. The minimum absolute atomic E-state index is 0.0105. The number of Topliss-reactive ketones (excluding diaryl/α,β-unsaturated/α-hetero) is 1. The second kappa shape index (κ2) is 11.0. The van der Waals surface area contributed by atoms with Gasteiger partial charge in [0, 0.05) is 24.2 Å². The summed E-state index contributed by atoms with van der Waals surface area (Å²) in [5, 5.41) is 3.22. The molecule has 1 heterocycles.